The normalized spacial score (nSPS) is 10.0. The van der Waals surface area contributed by atoms with E-state index in [1.54, 1.807) is 18.8 Å². The molecule has 4 nitrogen and oxygen atoms in total. The van der Waals surface area contributed by atoms with Gasteiger partial charge in [-0.3, -0.25) is 0 Å². The number of aromatic amines is 1. The molecule has 0 atom stereocenters. The minimum atomic E-state index is 0.426. The van der Waals surface area contributed by atoms with Crippen LogP contribution in [0, 0.1) is 0 Å². The van der Waals surface area contributed by atoms with Gasteiger partial charge in [-0.15, -0.1) is 0 Å². The van der Waals surface area contributed by atoms with Crippen molar-refractivity contribution < 1.29 is 9.15 Å². The van der Waals surface area contributed by atoms with Crippen LogP contribution in [0.15, 0.2) is 35.3 Å². The zero-order valence-corrected chi connectivity index (χ0v) is 6.36. The zero-order chi connectivity index (χ0) is 8.23. The second-order valence-electron chi connectivity index (χ2n) is 2.28. The summed E-state index contributed by atoms with van der Waals surface area (Å²) in [5.41, 5.74) is 0. The van der Waals surface area contributed by atoms with E-state index in [1.165, 1.54) is 0 Å². The maximum atomic E-state index is 5.28. The highest BCUT2D eigenvalue weighted by Gasteiger charge is 1.97. The van der Waals surface area contributed by atoms with Crippen molar-refractivity contribution in [2.45, 2.75) is 6.61 Å². The van der Waals surface area contributed by atoms with Crippen molar-refractivity contribution in [1.82, 2.24) is 9.97 Å². The van der Waals surface area contributed by atoms with Gasteiger partial charge in [0.25, 0.3) is 0 Å². The molecule has 0 bridgehead atoms. The molecule has 0 saturated carbocycles. The molecule has 0 saturated heterocycles. The van der Waals surface area contributed by atoms with Crippen LogP contribution in [-0.2, 0) is 6.61 Å². The van der Waals surface area contributed by atoms with Crippen molar-refractivity contribution in [2.24, 2.45) is 0 Å². The van der Waals surface area contributed by atoms with Crippen LogP contribution in [0.5, 0.6) is 5.88 Å². The molecule has 0 amide bonds. The van der Waals surface area contributed by atoms with Crippen molar-refractivity contribution in [2.75, 3.05) is 0 Å². The van der Waals surface area contributed by atoms with Gasteiger partial charge in [-0.25, -0.2) is 4.98 Å². The van der Waals surface area contributed by atoms with Crippen LogP contribution in [0.1, 0.15) is 5.76 Å². The number of nitrogens with one attached hydrogen (secondary N) is 1. The molecular formula is C8H8N2O2. The quantitative estimate of drug-likeness (QED) is 0.749. The van der Waals surface area contributed by atoms with Crippen LogP contribution < -0.4 is 4.74 Å². The predicted molar refractivity (Wildman–Crippen MR) is 41.6 cm³/mol. The van der Waals surface area contributed by atoms with Gasteiger partial charge in [0, 0.05) is 0 Å². The van der Waals surface area contributed by atoms with Gasteiger partial charge in [-0.2, -0.15) is 0 Å². The Labute approximate surface area is 69.2 Å². The Balaban J connectivity index is 1.91. The summed E-state index contributed by atoms with van der Waals surface area (Å²) in [4.78, 5) is 6.64. The summed E-state index contributed by atoms with van der Waals surface area (Å²) in [5.74, 6) is 1.44. The van der Waals surface area contributed by atoms with Crippen molar-refractivity contribution in [3.8, 4) is 5.88 Å². The first-order valence-electron chi connectivity index (χ1n) is 3.59. The minimum Gasteiger partial charge on any atom is -0.470 e. The zero-order valence-electron chi connectivity index (χ0n) is 6.36. The lowest BCUT2D eigenvalue weighted by atomic mass is 10.5. The number of nitrogens with zero attached hydrogens (tertiary/aromatic N) is 1. The monoisotopic (exact) mass is 164 g/mol. The summed E-state index contributed by atoms with van der Waals surface area (Å²) >= 11 is 0. The van der Waals surface area contributed by atoms with Gasteiger partial charge in [-0.1, -0.05) is 0 Å². The van der Waals surface area contributed by atoms with Crippen LogP contribution in [-0.4, -0.2) is 9.97 Å². The first kappa shape index (κ1) is 6.97. The van der Waals surface area contributed by atoms with E-state index in [2.05, 4.69) is 9.97 Å². The third kappa shape index (κ3) is 1.47. The molecule has 0 aromatic carbocycles. The van der Waals surface area contributed by atoms with Gasteiger partial charge in [0.05, 0.1) is 18.8 Å². The van der Waals surface area contributed by atoms with Gasteiger partial charge < -0.3 is 14.1 Å². The van der Waals surface area contributed by atoms with E-state index in [0.29, 0.717) is 12.5 Å². The van der Waals surface area contributed by atoms with E-state index in [-0.39, 0.29) is 0 Å². The molecule has 2 rings (SSSR count). The number of hydrogen-bond donors (Lipinski definition) is 1. The maximum absolute atomic E-state index is 5.28. The Morgan fingerprint density at radius 3 is 3.25 bits per heavy atom. The van der Waals surface area contributed by atoms with Crippen LogP contribution in [0.4, 0.5) is 0 Å². The lowest BCUT2D eigenvalue weighted by Crippen LogP contribution is -1.92. The SMILES string of the molecule is c1coc(COc2cnc[nH]2)c1. The second-order valence-corrected chi connectivity index (χ2v) is 2.28. The molecule has 62 valence electrons. The summed E-state index contributed by atoms with van der Waals surface area (Å²) in [5, 5.41) is 0. The standard InChI is InChI=1S/C8H8N2O2/c1-2-7(11-3-1)5-12-8-4-9-6-10-8/h1-4,6H,5H2,(H,9,10). The number of furan rings is 1. The van der Waals surface area contributed by atoms with Crippen LogP contribution >= 0.6 is 0 Å². The van der Waals surface area contributed by atoms with E-state index in [9.17, 15) is 0 Å². The largest absolute Gasteiger partial charge is 0.470 e. The molecule has 0 aliphatic heterocycles. The highest BCUT2D eigenvalue weighted by Crippen LogP contribution is 2.07. The minimum absolute atomic E-state index is 0.426. The molecule has 2 heterocycles. The molecule has 0 unspecified atom stereocenters. The van der Waals surface area contributed by atoms with Gasteiger partial charge in [0.2, 0.25) is 5.88 Å². The van der Waals surface area contributed by atoms with Crippen molar-refractivity contribution in [3.05, 3.63) is 36.7 Å². The Morgan fingerprint density at radius 2 is 2.58 bits per heavy atom. The Bertz CT molecular complexity index is 278. The van der Waals surface area contributed by atoms with Crippen molar-refractivity contribution in [3.63, 3.8) is 0 Å². The summed E-state index contributed by atoms with van der Waals surface area (Å²) in [6.45, 7) is 0.426. The van der Waals surface area contributed by atoms with Gasteiger partial charge in [0.15, 0.2) is 0 Å². The van der Waals surface area contributed by atoms with Gasteiger partial charge >= 0.3 is 0 Å². The fourth-order valence-electron chi connectivity index (χ4n) is 0.866. The average Bonchev–Trinajstić information content (AvgIpc) is 2.74. The number of hydrogen-bond acceptors (Lipinski definition) is 3. The number of H-pyrrole nitrogens is 1. The summed E-state index contributed by atoms with van der Waals surface area (Å²) in [7, 11) is 0. The lowest BCUT2D eigenvalue weighted by Gasteiger charge is -1.98. The highest BCUT2D eigenvalue weighted by atomic mass is 16.5. The maximum Gasteiger partial charge on any atom is 0.211 e. The smallest absolute Gasteiger partial charge is 0.211 e. The Kier molecular flexibility index (Phi) is 1.82. The summed E-state index contributed by atoms with van der Waals surface area (Å²) in [6.07, 6.45) is 4.80. The number of rotatable bonds is 3. The molecule has 0 aliphatic carbocycles. The first-order valence-corrected chi connectivity index (χ1v) is 3.59. The predicted octanol–water partition coefficient (Wildman–Crippen LogP) is 1.58. The molecular weight excluding hydrogens is 156 g/mol. The molecule has 0 fully saturated rings. The average molecular weight is 164 g/mol. The van der Waals surface area contributed by atoms with Gasteiger partial charge in [-0.05, 0) is 12.1 Å². The van der Waals surface area contributed by atoms with Crippen LogP contribution in [0.25, 0.3) is 0 Å². The fraction of sp³-hybridized carbons (Fsp3) is 0.125. The molecule has 4 heteroatoms. The molecule has 1 N–H and O–H groups in total. The topological polar surface area (TPSA) is 51.1 Å². The molecule has 2 aromatic rings. The molecule has 2 aromatic heterocycles. The Hall–Kier alpha value is -1.71. The second kappa shape index (κ2) is 3.13. The highest BCUT2D eigenvalue weighted by molar-refractivity contribution is 5.03. The molecule has 0 spiro atoms. The molecule has 0 radical (unpaired) electrons. The number of imidazole rings is 1. The Morgan fingerprint density at radius 1 is 1.58 bits per heavy atom. The van der Waals surface area contributed by atoms with Gasteiger partial charge in [0.1, 0.15) is 12.4 Å². The van der Waals surface area contributed by atoms with Crippen molar-refractivity contribution in [1.29, 1.82) is 0 Å². The third-order valence-corrected chi connectivity index (χ3v) is 1.42. The summed E-state index contributed by atoms with van der Waals surface area (Å²) < 4.78 is 10.4. The third-order valence-electron chi connectivity index (χ3n) is 1.42. The van der Waals surface area contributed by atoms with Crippen LogP contribution in [0.2, 0.25) is 0 Å². The lowest BCUT2D eigenvalue weighted by molar-refractivity contribution is 0.262. The van der Waals surface area contributed by atoms with E-state index < -0.39 is 0 Å². The van der Waals surface area contributed by atoms with Crippen molar-refractivity contribution >= 4 is 0 Å². The number of aromatic nitrogens is 2. The fourth-order valence-corrected chi connectivity index (χ4v) is 0.866. The van der Waals surface area contributed by atoms with Crippen LogP contribution in [0.3, 0.4) is 0 Å². The van der Waals surface area contributed by atoms with E-state index in [0.717, 1.165) is 5.76 Å². The molecule has 0 aliphatic rings. The summed E-state index contributed by atoms with van der Waals surface area (Å²) in [6, 6.07) is 3.68. The number of ether oxygens (including phenoxy) is 1. The van der Waals surface area contributed by atoms with E-state index in [4.69, 9.17) is 9.15 Å². The van der Waals surface area contributed by atoms with E-state index >= 15 is 0 Å². The first-order chi connectivity index (χ1) is 5.95. The van der Waals surface area contributed by atoms with E-state index in [1.807, 2.05) is 12.1 Å². The molecule has 12 heavy (non-hydrogen) atoms.